The van der Waals surface area contributed by atoms with Gasteiger partial charge in [-0.2, -0.15) is 4.31 Å². The third kappa shape index (κ3) is 4.76. The highest BCUT2D eigenvalue weighted by Gasteiger charge is 2.28. The topological polar surface area (TPSA) is 69.7 Å². The summed E-state index contributed by atoms with van der Waals surface area (Å²) in [6, 6.07) is 6.49. The van der Waals surface area contributed by atoms with E-state index in [0.717, 1.165) is 17.6 Å². The SMILES string of the molecule is CCCN(CC(=O)N1CCNCC1)S(=O)(=O)c1ccc(Br)cc1. The fourth-order valence-corrected chi connectivity index (χ4v) is 4.20. The van der Waals surface area contributed by atoms with E-state index >= 15 is 0 Å². The molecule has 2 rings (SSSR count). The molecule has 1 aliphatic heterocycles. The molecule has 0 saturated carbocycles. The fourth-order valence-electron chi connectivity index (χ4n) is 2.45. The minimum absolute atomic E-state index is 0.105. The van der Waals surface area contributed by atoms with Gasteiger partial charge >= 0.3 is 0 Å². The van der Waals surface area contributed by atoms with E-state index in [0.29, 0.717) is 26.1 Å². The number of halogens is 1. The summed E-state index contributed by atoms with van der Waals surface area (Å²) in [5.41, 5.74) is 0. The number of carbonyl (C=O) groups excluding carboxylic acids is 1. The first-order valence-corrected chi connectivity index (χ1v) is 9.92. The van der Waals surface area contributed by atoms with E-state index in [1.807, 2.05) is 6.92 Å². The third-order valence-electron chi connectivity index (χ3n) is 3.71. The zero-order valence-corrected chi connectivity index (χ0v) is 15.6. The first-order chi connectivity index (χ1) is 10.9. The molecule has 0 radical (unpaired) electrons. The Morgan fingerprint density at radius 2 is 1.87 bits per heavy atom. The molecule has 0 spiro atoms. The summed E-state index contributed by atoms with van der Waals surface area (Å²) in [6.07, 6.45) is 0.657. The van der Waals surface area contributed by atoms with E-state index in [1.165, 1.54) is 4.31 Å². The predicted octanol–water partition coefficient (Wildman–Crippen LogP) is 1.28. The van der Waals surface area contributed by atoms with Crippen LogP contribution in [-0.2, 0) is 14.8 Å². The smallest absolute Gasteiger partial charge is 0.243 e. The van der Waals surface area contributed by atoms with Crippen molar-refractivity contribution in [2.45, 2.75) is 18.2 Å². The molecule has 0 atom stereocenters. The molecule has 23 heavy (non-hydrogen) atoms. The average Bonchev–Trinajstić information content (AvgIpc) is 2.55. The van der Waals surface area contributed by atoms with Crippen LogP contribution in [0.15, 0.2) is 33.6 Å². The summed E-state index contributed by atoms with van der Waals surface area (Å²) < 4.78 is 27.7. The first kappa shape index (κ1) is 18.4. The largest absolute Gasteiger partial charge is 0.339 e. The second-order valence-corrected chi connectivity index (χ2v) is 8.28. The monoisotopic (exact) mass is 403 g/mol. The van der Waals surface area contributed by atoms with Gasteiger partial charge in [-0.05, 0) is 30.7 Å². The maximum atomic E-state index is 12.8. The molecule has 1 saturated heterocycles. The molecule has 1 aromatic carbocycles. The van der Waals surface area contributed by atoms with E-state index in [4.69, 9.17) is 0 Å². The zero-order chi connectivity index (χ0) is 16.9. The quantitative estimate of drug-likeness (QED) is 0.776. The van der Waals surface area contributed by atoms with Crippen LogP contribution < -0.4 is 5.32 Å². The predicted molar refractivity (Wildman–Crippen MR) is 92.6 cm³/mol. The molecule has 1 heterocycles. The minimum Gasteiger partial charge on any atom is -0.339 e. The van der Waals surface area contributed by atoms with Crippen molar-refractivity contribution in [3.05, 3.63) is 28.7 Å². The number of rotatable bonds is 6. The van der Waals surface area contributed by atoms with Crippen molar-refractivity contribution in [3.8, 4) is 0 Å². The molecular weight excluding hydrogens is 382 g/mol. The molecule has 128 valence electrons. The van der Waals surface area contributed by atoms with Gasteiger partial charge in [0.25, 0.3) is 0 Å². The number of piperazine rings is 1. The van der Waals surface area contributed by atoms with E-state index in [2.05, 4.69) is 21.2 Å². The van der Waals surface area contributed by atoms with Crippen LogP contribution in [0.1, 0.15) is 13.3 Å². The van der Waals surface area contributed by atoms with Crippen LogP contribution in [0, 0.1) is 0 Å². The van der Waals surface area contributed by atoms with E-state index in [9.17, 15) is 13.2 Å². The Bertz CT molecular complexity index is 628. The van der Waals surface area contributed by atoms with Crippen molar-refractivity contribution >= 4 is 31.9 Å². The van der Waals surface area contributed by atoms with Gasteiger partial charge in [0.2, 0.25) is 15.9 Å². The normalized spacial score (nSPS) is 15.9. The van der Waals surface area contributed by atoms with Gasteiger partial charge in [-0.3, -0.25) is 4.79 Å². The molecule has 0 aliphatic carbocycles. The lowest BCUT2D eigenvalue weighted by Gasteiger charge is -2.30. The molecule has 1 aromatic rings. The maximum absolute atomic E-state index is 12.8. The summed E-state index contributed by atoms with van der Waals surface area (Å²) in [4.78, 5) is 14.3. The van der Waals surface area contributed by atoms with Crippen molar-refractivity contribution in [1.29, 1.82) is 0 Å². The van der Waals surface area contributed by atoms with Crippen molar-refractivity contribution in [2.24, 2.45) is 0 Å². The number of hydrogen-bond donors (Lipinski definition) is 1. The summed E-state index contributed by atoms with van der Waals surface area (Å²) in [5, 5.41) is 3.18. The van der Waals surface area contributed by atoms with Crippen LogP contribution in [0.4, 0.5) is 0 Å². The molecule has 0 bridgehead atoms. The van der Waals surface area contributed by atoms with Gasteiger partial charge in [0.05, 0.1) is 11.4 Å². The number of nitrogens with one attached hydrogen (secondary N) is 1. The number of hydrogen-bond acceptors (Lipinski definition) is 4. The Kier molecular flexibility index (Phi) is 6.58. The van der Waals surface area contributed by atoms with Crippen LogP contribution in [-0.4, -0.2) is 62.8 Å². The highest BCUT2D eigenvalue weighted by atomic mass is 79.9. The summed E-state index contributed by atoms with van der Waals surface area (Å²) >= 11 is 3.30. The Morgan fingerprint density at radius 3 is 2.43 bits per heavy atom. The number of nitrogens with zero attached hydrogens (tertiary/aromatic N) is 2. The Morgan fingerprint density at radius 1 is 1.26 bits per heavy atom. The Balaban J connectivity index is 2.15. The van der Waals surface area contributed by atoms with E-state index in [1.54, 1.807) is 29.2 Å². The van der Waals surface area contributed by atoms with E-state index < -0.39 is 10.0 Å². The van der Waals surface area contributed by atoms with Crippen LogP contribution in [0.25, 0.3) is 0 Å². The number of carbonyl (C=O) groups is 1. The average molecular weight is 404 g/mol. The van der Waals surface area contributed by atoms with Crippen molar-refractivity contribution < 1.29 is 13.2 Å². The zero-order valence-electron chi connectivity index (χ0n) is 13.2. The van der Waals surface area contributed by atoms with Gasteiger partial charge in [0.1, 0.15) is 0 Å². The van der Waals surface area contributed by atoms with Crippen LogP contribution in [0.5, 0.6) is 0 Å². The van der Waals surface area contributed by atoms with Gasteiger partial charge in [-0.1, -0.05) is 22.9 Å². The summed E-state index contributed by atoms with van der Waals surface area (Å²) in [6.45, 7) is 4.87. The van der Waals surface area contributed by atoms with Gasteiger partial charge in [-0.15, -0.1) is 0 Å². The van der Waals surface area contributed by atoms with Gasteiger partial charge < -0.3 is 10.2 Å². The second-order valence-electron chi connectivity index (χ2n) is 5.42. The molecule has 1 aliphatic rings. The molecule has 8 heteroatoms. The van der Waals surface area contributed by atoms with Crippen molar-refractivity contribution in [1.82, 2.24) is 14.5 Å². The second kappa shape index (κ2) is 8.23. The molecule has 1 amide bonds. The fraction of sp³-hybridized carbons (Fsp3) is 0.533. The van der Waals surface area contributed by atoms with Crippen molar-refractivity contribution in [2.75, 3.05) is 39.3 Å². The molecular formula is C15H22BrN3O3S. The summed E-state index contributed by atoms with van der Waals surface area (Å²) in [5.74, 6) is -0.138. The lowest BCUT2D eigenvalue weighted by molar-refractivity contribution is -0.131. The first-order valence-electron chi connectivity index (χ1n) is 7.69. The van der Waals surface area contributed by atoms with Crippen LogP contribution in [0.3, 0.4) is 0 Å². The Labute approximate surface area is 146 Å². The molecule has 0 aromatic heterocycles. The molecule has 6 nitrogen and oxygen atoms in total. The van der Waals surface area contributed by atoms with E-state index in [-0.39, 0.29) is 17.3 Å². The van der Waals surface area contributed by atoms with Gasteiger partial charge in [0, 0.05) is 37.2 Å². The molecule has 1 fully saturated rings. The highest BCUT2D eigenvalue weighted by Crippen LogP contribution is 2.19. The Hall–Kier alpha value is -0.960. The number of amides is 1. The van der Waals surface area contributed by atoms with Crippen molar-refractivity contribution in [3.63, 3.8) is 0 Å². The maximum Gasteiger partial charge on any atom is 0.243 e. The summed E-state index contributed by atoms with van der Waals surface area (Å²) in [7, 11) is -3.66. The molecule has 1 N–H and O–H groups in total. The van der Waals surface area contributed by atoms with Gasteiger partial charge in [0.15, 0.2) is 0 Å². The van der Waals surface area contributed by atoms with Crippen LogP contribution >= 0.6 is 15.9 Å². The minimum atomic E-state index is -3.66. The number of sulfonamides is 1. The molecule has 0 unspecified atom stereocenters. The highest BCUT2D eigenvalue weighted by molar-refractivity contribution is 9.10. The van der Waals surface area contributed by atoms with Crippen LogP contribution in [0.2, 0.25) is 0 Å². The lowest BCUT2D eigenvalue weighted by Crippen LogP contribution is -2.50. The third-order valence-corrected chi connectivity index (χ3v) is 6.09. The van der Waals surface area contributed by atoms with Gasteiger partial charge in [-0.25, -0.2) is 8.42 Å². The number of benzene rings is 1. The standard InChI is InChI=1S/C15H22BrN3O3S/c1-2-9-19(12-15(20)18-10-7-17-8-11-18)23(21,22)14-5-3-13(16)4-6-14/h3-6,17H,2,7-12H2,1H3. The lowest BCUT2D eigenvalue weighted by atomic mass is 10.3.